The summed E-state index contributed by atoms with van der Waals surface area (Å²) in [5.41, 5.74) is 8.05. The van der Waals surface area contributed by atoms with Crippen LogP contribution in [-0.2, 0) is 0 Å². The molecular formula is C16H20N2O. The van der Waals surface area contributed by atoms with Crippen molar-refractivity contribution < 1.29 is 4.74 Å². The molecule has 19 heavy (non-hydrogen) atoms. The number of hydrogen-bond donors (Lipinski definition) is 1. The molecule has 0 amide bonds. The number of benzene rings is 1. The number of ether oxygens (including phenoxy) is 1. The number of rotatable bonds is 4. The molecule has 3 nitrogen and oxygen atoms in total. The normalized spacial score (nSPS) is 12.5. The van der Waals surface area contributed by atoms with Crippen LogP contribution in [0, 0.1) is 0 Å². The number of aromatic nitrogens is 1. The Morgan fingerprint density at radius 1 is 1.05 bits per heavy atom. The topological polar surface area (TPSA) is 48.1 Å². The second-order valence-electron chi connectivity index (χ2n) is 5.05. The lowest BCUT2D eigenvalue weighted by atomic mass is 10.0. The van der Waals surface area contributed by atoms with Crippen molar-refractivity contribution in [3.05, 3.63) is 53.7 Å². The fourth-order valence-electron chi connectivity index (χ4n) is 1.78. The third-order valence-corrected chi connectivity index (χ3v) is 3.03. The van der Waals surface area contributed by atoms with Crippen molar-refractivity contribution in [2.75, 3.05) is 0 Å². The standard InChI is InChI=1S/C16H20N2O/c1-11(2)13-5-4-6-15(9-13)19-16-8-7-14(10-18-16)12(3)17/h4-12H,17H2,1-3H3. The second kappa shape index (κ2) is 5.85. The van der Waals surface area contributed by atoms with E-state index in [-0.39, 0.29) is 6.04 Å². The van der Waals surface area contributed by atoms with E-state index in [1.165, 1.54) is 5.56 Å². The largest absolute Gasteiger partial charge is 0.439 e. The van der Waals surface area contributed by atoms with Crippen molar-refractivity contribution in [1.29, 1.82) is 0 Å². The van der Waals surface area contributed by atoms with E-state index in [0.717, 1.165) is 11.3 Å². The van der Waals surface area contributed by atoms with Crippen LogP contribution >= 0.6 is 0 Å². The van der Waals surface area contributed by atoms with Gasteiger partial charge in [0.15, 0.2) is 0 Å². The van der Waals surface area contributed by atoms with E-state index in [1.807, 2.05) is 37.3 Å². The van der Waals surface area contributed by atoms with Gasteiger partial charge in [-0.25, -0.2) is 4.98 Å². The van der Waals surface area contributed by atoms with Crippen LogP contribution in [0.5, 0.6) is 11.6 Å². The van der Waals surface area contributed by atoms with Gasteiger partial charge >= 0.3 is 0 Å². The molecule has 0 aliphatic rings. The van der Waals surface area contributed by atoms with Crippen LogP contribution in [0.25, 0.3) is 0 Å². The van der Waals surface area contributed by atoms with Crippen LogP contribution in [0.4, 0.5) is 0 Å². The van der Waals surface area contributed by atoms with Crippen LogP contribution in [0.2, 0.25) is 0 Å². The first-order chi connectivity index (χ1) is 9.06. The maximum atomic E-state index is 5.79. The van der Waals surface area contributed by atoms with Crippen molar-refractivity contribution in [1.82, 2.24) is 4.98 Å². The summed E-state index contributed by atoms with van der Waals surface area (Å²) >= 11 is 0. The fourth-order valence-corrected chi connectivity index (χ4v) is 1.78. The lowest BCUT2D eigenvalue weighted by molar-refractivity contribution is 0.461. The van der Waals surface area contributed by atoms with Gasteiger partial charge in [-0.3, -0.25) is 0 Å². The molecule has 1 aromatic heterocycles. The van der Waals surface area contributed by atoms with Gasteiger partial charge in [0.2, 0.25) is 5.88 Å². The Hall–Kier alpha value is -1.87. The van der Waals surface area contributed by atoms with Crippen LogP contribution in [0.3, 0.4) is 0 Å². The van der Waals surface area contributed by atoms with Gasteiger partial charge in [0.1, 0.15) is 5.75 Å². The summed E-state index contributed by atoms with van der Waals surface area (Å²) < 4.78 is 5.75. The quantitative estimate of drug-likeness (QED) is 0.898. The maximum Gasteiger partial charge on any atom is 0.219 e. The molecule has 1 unspecified atom stereocenters. The first kappa shape index (κ1) is 13.6. The summed E-state index contributed by atoms with van der Waals surface area (Å²) in [6.07, 6.45) is 1.76. The van der Waals surface area contributed by atoms with Gasteiger partial charge in [-0.15, -0.1) is 0 Å². The molecule has 0 aliphatic heterocycles. The third kappa shape index (κ3) is 3.55. The van der Waals surface area contributed by atoms with E-state index in [0.29, 0.717) is 11.8 Å². The Balaban J connectivity index is 2.14. The SMILES string of the molecule is CC(C)c1cccc(Oc2ccc(C(C)N)cn2)c1. The summed E-state index contributed by atoms with van der Waals surface area (Å²) in [7, 11) is 0. The van der Waals surface area contributed by atoms with Gasteiger partial charge in [-0.2, -0.15) is 0 Å². The lowest BCUT2D eigenvalue weighted by Crippen LogP contribution is -2.05. The molecule has 0 spiro atoms. The molecule has 2 aromatic rings. The molecule has 3 heteroatoms. The van der Waals surface area contributed by atoms with E-state index in [9.17, 15) is 0 Å². The van der Waals surface area contributed by atoms with Crippen molar-refractivity contribution in [2.24, 2.45) is 5.73 Å². The third-order valence-electron chi connectivity index (χ3n) is 3.03. The summed E-state index contributed by atoms with van der Waals surface area (Å²) in [5.74, 6) is 1.88. The smallest absolute Gasteiger partial charge is 0.219 e. The Morgan fingerprint density at radius 2 is 1.84 bits per heavy atom. The highest BCUT2D eigenvalue weighted by Crippen LogP contribution is 2.24. The van der Waals surface area contributed by atoms with Gasteiger partial charge < -0.3 is 10.5 Å². The number of nitrogens with zero attached hydrogens (tertiary/aromatic N) is 1. The predicted octanol–water partition coefficient (Wildman–Crippen LogP) is 4.02. The zero-order valence-electron chi connectivity index (χ0n) is 11.6. The minimum atomic E-state index is -0.00850. The minimum absolute atomic E-state index is 0.00850. The Morgan fingerprint density at radius 3 is 2.42 bits per heavy atom. The number of nitrogens with two attached hydrogens (primary N) is 1. The second-order valence-corrected chi connectivity index (χ2v) is 5.05. The van der Waals surface area contributed by atoms with Gasteiger partial charge in [0, 0.05) is 18.3 Å². The van der Waals surface area contributed by atoms with Crippen LogP contribution < -0.4 is 10.5 Å². The van der Waals surface area contributed by atoms with E-state index >= 15 is 0 Å². The van der Waals surface area contributed by atoms with Gasteiger partial charge in [-0.1, -0.05) is 32.0 Å². The highest BCUT2D eigenvalue weighted by atomic mass is 16.5. The van der Waals surface area contributed by atoms with Gasteiger partial charge in [-0.05, 0) is 36.1 Å². The lowest BCUT2D eigenvalue weighted by Gasteiger charge is -2.10. The average Bonchev–Trinajstić information content (AvgIpc) is 2.39. The molecule has 0 aliphatic carbocycles. The van der Waals surface area contributed by atoms with E-state index in [4.69, 9.17) is 10.5 Å². The zero-order chi connectivity index (χ0) is 13.8. The summed E-state index contributed by atoms with van der Waals surface area (Å²) in [4.78, 5) is 4.27. The molecule has 2 N–H and O–H groups in total. The summed E-state index contributed by atoms with van der Waals surface area (Å²) in [6.45, 7) is 6.26. The molecule has 0 fully saturated rings. The minimum Gasteiger partial charge on any atom is -0.439 e. The molecule has 2 rings (SSSR count). The number of pyridine rings is 1. The molecule has 0 radical (unpaired) electrons. The average molecular weight is 256 g/mol. The molecule has 100 valence electrons. The monoisotopic (exact) mass is 256 g/mol. The van der Waals surface area contributed by atoms with Gasteiger partial charge in [0.25, 0.3) is 0 Å². The Kier molecular flexibility index (Phi) is 4.17. The van der Waals surface area contributed by atoms with Crippen LogP contribution in [-0.4, -0.2) is 4.98 Å². The molecule has 0 saturated carbocycles. The molecular weight excluding hydrogens is 236 g/mol. The summed E-state index contributed by atoms with van der Waals surface area (Å²) in [5, 5.41) is 0. The van der Waals surface area contributed by atoms with Crippen molar-refractivity contribution in [2.45, 2.75) is 32.7 Å². The summed E-state index contributed by atoms with van der Waals surface area (Å²) in [6, 6.07) is 11.9. The molecule has 0 bridgehead atoms. The molecule has 1 aromatic carbocycles. The highest BCUT2D eigenvalue weighted by Gasteiger charge is 2.04. The van der Waals surface area contributed by atoms with E-state index < -0.39 is 0 Å². The fraction of sp³-hybridized carbons (Fsp3) is 0.312. The Bertz CT molecular complexity index is 533. The Labute approximate surface area is 114 Å². The predicted molar refractivity (Wildman–Crippen MR) is 77.4 cm³/mol. The van der Waals surface area contributed by atoms with Crippen LogP contribution in [0.1, 0.15) is 43.9 Å². The molecule has 1 heterocycles. The first-order valence-electron chi connectivity index (χ1n) is 6.55. The van der Waals surface area contributed by atoms with Crippen molar-refractivity contribution in [3.8, 4) is 11.6 Å². The van der Waals surface area contributed by atoms with Crippen LogP contribution in [0.15, 0.2) is 42.6 Å². The van der Waals surface area contributed by atoms with Crippen molar-refractivity contribution >= 4 is 0 Å². The maximum absolute atomic E-state index is 5.79. The van der Waals surface area contributed by atoms with E-state index in [1.54, 1.807) is 6.20 Å². The first-order valence-corrected chi connectivity index (χ1v) is 6.55. The van der Waals surface area contributed by atoms with Gasteiger partial charge in [0.05, 0.1) is 0 Å². The highest BCUT2D eigenvalue weighted by molar-refractivity contribution is 5.33. The van der Waals surface area contributed by atoms with Crippen molar-refractivity contribution in [3.63, 3.8) is 0 Å². The zero-order valence-corrected chi connectivity index (χ0v) is 11.6. The van der Waals surface area contributed by atoms with E-state index in [2.05, 4.69) is 24.9 Å². The molecule has 1 atom stereocenters. The number of hydrogen-bond acceptors (Lipinski definition) is 3. The molecule has 0 saturated heterocycles.